The lowest BCUT2D eigenvalue weighted by atomic mass is 10.1. The van der Waals surface area contributed by atoms with Gasteiger partial charge in [0.2, 0.25) is 5.28 Å². The fraction of sp³-hybridized carbons (Fsp3) is 0.154. The summed E-state index contributed by atoms with van der Waals surface area (Å²) >= 11 is 11.7. The third-order valence-electron chi connectivity index (χ3n) is 3.10. The van der Waals surface area contributed by atoms with Gasteiger partial charge >= 0.3 is 0 Å². The summed E-state index contributed by atoms with van der Waals surface area (Å²) < 4.78 is 29.3. The number of benzene rings is 1. The Labute approximate surface area is 128 Å². The molecule has 21 heavy (non-hydrogen) atoms. The van der Waals surface area contributed by atoms with Crippen molar-refractivity contribution in [2.24, 2.45) is 0 Å². The first-order chi connectivity index (χ1) is 9.97. The molecule has 2 aromatic heterocycles. The van der Waals surface area contributed by atoms with E-state index < -0.39 is 11.6 Å². The van der Waals surface area contributed by atoms with Crippen molar-refractivity contribution >= 4 is 34.4 Å². The Bertz CT molecular complexity index is 848. The Kier molecular flexibility index (Phi) is 3.51. The summed E-state index contributed by atoms with van der Waals surface area (Å²) in [7, 11) is 0. The average molecular weight is 329 g/mol. The summed E-state index contributed by atoms with van der Waals surface area (Å²) in [5, 5.41) is 0.0355. The normalized spacial score (nSPS) is 11.3. The van der Waals surface area contributed by atoms with Crippen LogP contribution in [-0.2, 0) is 6.54 Å². The average Bonchev–Trinajstić information content (AvgIpc) is 2.82. The molecule has 0 saturated heterocycles. The Morgan fingerprint density at radius 3 is 2.71 bits per heavy atom. The molecule has 0 unspecified atom stereocenters. The Morgan fingerprint density at radius 2 is 1.95 bits per heavy atom. The molecule has 4 nitrogen and oxygen atoms in total. The highest BCUT2D eigenvalue weighted by atomic mass is 35.5. The van der Waals surface area contributed by atoms with Crippen LogP contribution in [0.3, 0.4) is 0 Å². The Balaban J connectivity index is 2.13. The Hall–Kier alpha value is -1.79. The zero-order valence-corrected chi connectivity index (χ0v) is 12.3. The number of hydrogen-bond donors (Lipinski definition) is 0. The molecule has 0 aliphatic heterocycles. The highest BCUT2D eigenvalue weighted by Crippen LogP contribution is 2.23. The van der Waals surface area contributed by atoms with E-state index in [1.54, 1.807) is 6.92 Å². The highest BCUT2D eigenvalue weighted by molar-refractivity contribution is 6.35. The predicted octanol–water partition coefficient (Wildman–Crippen LogP) is 3.77. The van der Waals surface area contributed by atoms with Gasteiger partial charge in [-0.25, -0.2) is 18.7 Å². The van der Waals surface area contributed by atoms with E-state index in [-0.39, 0.29) is 22.5 Å². The van der Waals surface area contributed by atoms with Crippen molar-refractivity contribution in [3.05, 3.63) is 51.7 Å². The van der Waals surface area contributed by atoms with Gasteiger partial charge in [0.15, 0.2) is 10.8 Å². The standard InChI is InChI=1S/C13H8Cl2F2N4/c1-6-2-3-8(16)7(9(6)17)4-21-5-18-10-11(14)19-13(15)20-12(10)21/h2-3,5H,4H2,1H3. The number of rotatable bonds is 2. The first-order valence-corrected chi connectivity index (χ1v) is 6.70. The molecular formula is C13H8Cl2F2N4. The smallest absolute Gasteiger partial charge is 0.225 e. The molecule has 3 aromatic rings. The van der Waals surface area contributed by atoms with E-state index in [9.17, 15) is 8.78 Å². The first-order valence-electron chi connectivity index (χ1n) is 5.94. The molecule has 3 rings (SSSR count). The van der Waals surface area contributed by atoms with Gasteiger partial charge in [-0.3, -0.25) is 0 Å². The molecule has 0 aliphatic rings. The quantitative estimate of drug-likeness (QED) is 0.531. The molecule has 1 aromatic carbocycles. The maximum Gasteiger partial charge on any atom is 0.225 e. The molecule has 0 bridgehead atoms. The largest absolute Gasteiger partial charge is 0.310 e. The zero-order chi connectivity index (χ0) is 15.1. The Morgan fingerprint density at radius 1 is 1.19 bits per heavy atom. The SMILES string of the molecule is Cc1ccc(F)c(Cn2cnc3c(Cl)nc(Cl)nc32)c1F. The number of imidazole rings is 1. The minimum atomic E-state index is -0.633. The van der Waals surface area contributed by atoms with Gasteiger partial charge in [-0.15, -0.1) is 0 Å². The van der Waals surface area contributed by atoms with Gasteiger partial charge < -0.3 is 4.57 Å². The van der Waals surface area contributed by atoms with Crippen molar-refractivity contribution in [2.45, 2.75) is 13.5 Å². The van der Waals surface area contributed by atoms with Crippen LogP contribution in [0.2, 0.25) is 10.4 Å². The summed E-state index contributed by atoms with van der Waals surface area (Å²) in [5.74, 6) is -1.23. The van der Waals surface area contributed by atoms with Crippen LogP contribution in [-0.4, -0.2) is 19.5 Å². The number of nitrogens with zero attached hydrogens (tertiary/aromatic N) is 4. The van der Waals surface area contributed by atoms with E-state index >= 15 is 0 Å². The van der Waals surface area contributed by atoms with Gasteiger partial charge in [-0.05, 0) is 30.2 Å². The van der Waals surface area contributed by atoms with Crippen molar-refractivity contribution in [1.82, 2.24) is 19.5 Å². The summed E-state index contributed by atoms with van der Waals surface area (Å²) in [6.07, 6.45) is 1.39. The van der Waals surface area contributed by atoms with E-state index in [1.807, 2.05) is 0 Å². The third-order valence-corrected chi connectivity index (χ3v) is 3.53. The van der Waals surface area contributed by atoms with Crippen LogP contribution in [0.5, 0.6) is 0 Å². The minimum Gasteiger partial charge on any atom is -0.310 e. The number of aromatic nitrogens is 4. The lowest BCUT2D eigenvalue weighted by Gasteiger charge is -2.08. The molecule has 0 amide bonds. The number of hydrogen-bond acceptors (Lipinski definition) is 3. The van der Waals surface area contributed by atoms with Gasteiger partial charge in [-0.2, -0.15) is 4.98 Å². The molecular weight excluding hydrogens is 321 g/mol. The zero-order valence-electron chi connectivity index (χ0n) is 10.7. The molecule has 0 aliphatic carbocycles. The molecule has 0 radical (unpaired) electrons. The fourth-order valence-electron chi connectivity index (χ4n) is 2.03. The fourth-order valence-corrected chi connectivity index (χ4v) is 2.45. The monoisotopic (exact) mass is 328 g/mol. The van der Waals surface area contributed by atoms with E-state index in [0.717, 1.165) is 0 Å². The summed E-state index contributed by atoms with van der Waals surface area (Å²) in [6.45, 7) is 1.50. The van der Waals surface area contributed by atoms with E-state index in [4.69, 9.17) is 23.2 Å². The number of halogens is 4. The van der Waals surface area contributed by atoms with Crippen LogP contribution >= 0.6 is 23.2 Å². The second-order valence-electron chi connectivity index (χ2n) is 4.48. The summed E-state index contributed by atoms with van der Waals surface area (Å²) in [5.41, 5.74) is 0.941. The van der Waals surface area contributed by atoms with E-state index in [2.05, 4.69) is 15.0 Å². The molecule has 8 heteroatoms. The van der Waals surface area contributed by atoms with Gasteiger partial charge in [0.25, 0.3) is 0 Å². The van der Waals surface area contributed by atoms with Crippen molar-refractivity contribution in [2.75, 3.05) is 0 Å². The van der Waals surface area contributed by atoms with Crippen molar-refractivity contribution in [3.8, 4) is 0 Å². The molecule has 108 valence electrons. The van der Waals surface area contributed by atoms with Crippen LogP contribution in [0.1, 0.15) is 11.1 Å². The molecule has 2 heterocycles. The lowest BCUT2D eigenvalue weighted by molar-refractivity contribution is 0.541. The molecule has 0 spiro atoms. The summed E-state index contributed by atoms with van der Waals surface area (Å²) in [4.78, 5) is 11.8. The van der Waals surface area contributed by atoms with E-state index in [0.29, 0.717) is 16.7 Å². The second-order valence-corrected chi connectivity index (χ2v) is 5.18. The van der Waals surface area contributed by atoms with Crippen LogP contribution < -0.4 is 0 Å². The van der Waals surface area contributed by atoms with Gasteiger partial charge in [0.1, 0.15) is 17.2 Å². The molecule has 0 atom stereocenters. The maximum atomic E-state index is 14.1. The minimum absolute atomic E-state index is 0.0561. The number of fused-ring (bicyclic) bond motifs is 1. The number of aryl methyl sites for hydroxylation is 1. The lowest BCUT2D eigenvalue weighted by Crippen LogP contribution is -2.06. The molecule has 0 fully saturated rings. The van der Waals surface area contributed by atoms with Crippen molar-refractivity contribution < 1.29 is 8.78 Å². The van der Waals surface area contributed by atoms with Crippen molar-refractivity contribution in [3.63, 3.8) is 0 Å². The predicted molar refractivity (Wildman–Crippen MR) is 75.5 cm³/mol. The van der Waals surface area contributed by atoms with E-state index in [1.165, 1.54) is 23.0 Å². The van der Waals surface area contributed by atoms with Crippen molar-refractivity contribution in [1.29, 1.82) is 0 Å². The molecule has 0 N–H and O–H groups in total. The van der Waals surface area contributed by atoms with Crippen LogP contribution in [0.25, 0.3) is 11.2 Å². The van der Waals surface area contributed by atoms with Crippen LogP contribution in [0.4, 0.5) is 8.78 Å². The topological polar surface area (TPSA) is 43.6 Å². The van der Waals surface area contributed by atoms with Gasteiger partial charge in [-0.1, -0.05) is 17.7 Å². The maximum absolute atomic E-state index is 14.1. The van der Waals surface area contributed by atoms with Gasteiger partial charge in [0.05, 0.1) is 12.9 Å². The second kappa shape index (κ2) is 5.20. The van der Waals surface area contributed by atoms with Gasteiger partial charge in [0, 0.05) is 5.56 Å². The summed E-state index contributed by atoms with van der Waals surface area (Å²) in [6, 6.07) is 2.61. The first kappa shape index (κ1) is 14.2. The highest BCUT2D eigenvalue weighted by Gasteiger charge is 2.16. The molecule has 0 saturated carbocycles. The van der Waals surface area contributed by atoms with Crippen LogP contribution in [0.15, 0.2) is 18.5 Å². The van der Waals surface area contributed by atoms with Crippen LogP contribution in [0, 0.1) is 18.6 Å². The third kappa shape index (κ3) is 2.45.